The Morgan fingerprint density at radius 2 is 1.64 bits per heavy atom. The number of rotatable bonds is 21. The maximum Gasteiger partial charge on any atom is 0.224 e. The Bertz CT molecular complexity index is 1440. The minimum Gasteiger partial charge on any atom is -0.379 e. The average molecular weight is 733 g/mol. The number of amidine groups is 2. The summed E-state index contributed by atoms with van der Waals surface area (Å²) in [5.74, 6) is 3.85. The van der Waals surface area contributed by atoms with Crippen LogP contribution in [0.15, 0.2) is 30.3 Å². The summed E-state index contributed by atoms with van der Waals surface area (Å²) in [6.45, 7) is 7.83. The average Bonchev–Trinajstić information content (AvgIpc) is 3.52. The van der Waals surface area contributed by atoms with Gasteiger partial charge in [0.1, 0.15) is 12.4 Å². The zero-order chi connectivity index (χ0) is 37.3. The third-order valence-corrected chi connectivity index (χ3v) is 12.9. The van der Waals surface area contributed by atoms with E-state index >= 15 is 0 Å². The zero-order valence-electron chi connectivity index (χ0n) is 31.6. The van der Waals surface area contributed by atoms with Crippen molar-refractivity contribution in [3.05, 3.63) is 35.9 Å². The van der Waals surface area contributed by atoms with E-state index in [1.807, 2.05) is 30.0 Å². The van der Waals surface area contributed by atoms with Crippen molar-refractivity contribution in [2.75, 3.05) is 72.5 Å². The van der Waals surface area contributed by atoms with Crippen LogP contribution in [0.4, 0.5) is 0 Å². The number of hydrogen-bond acceptors (Lipinski definition) is 9. The molecule has 0 radical (unpaired) electrons. The Morgan fingerprint density at radius 1 is 0.981 bits per heavy atom. The molecule has 12 nitrogen and oxygen atoms in total. The van der Waals surface area contributed by atoms with Crippen molar-refractivity contribution in [2.24, 2.45) is 16.7 Å². The number of carbonyl (C=O) groups excluding carboxylic acids is 2. The minimum atomic E-state index is 0.00403. The predicted octanol–water partition coefficient (Wildman–Crippen LogP) is 4.24. The molecule has 6 rings (SSSR count). The number of likely N-dealkylation sites (tertiary alicyclic amines) is 2. The number of hydrogen-bond donors (Lipinski definition) is 3. The van der Waals surface area contributed by atoms with Gasteiger partial charge in [0, 0.05) is 49.1 Å². The molecule has 1 aromatic rings. The molecule has 12 heteroatoms. The summed E-state index contributed by atoms with van der Waals surface area (Å²) < 4.78 is 21.7. The lowest BCUT2D eigenvalue weighted by Gasteiger charge is -2.68. The SMILES string of the molecule is C#CCOCCOCCOCCOCCC(=O)N1CCC2(CC1)CC(C(=N)N(C(C)=N)C1CC3N(CCC(NC=O)c4ccccc4)C4CCC43C1)C2. The smallest absolute Gasteiger partial charge is 0.224 e. The van der Waals surface area contributed by atoms with Gasteiger partial charge in [-0.05, 0) is 75.7 Å². The molecule has 3 saturated carbocycles. The molecular formula is C41H60N6O6. The first kappa shape index (κ1) is 39.4. The number of nitrogens with zero attached hydrogens (tertiary/aromatic N) is 3. The third-order valence-electron chi connectivity index (χ3n) is 12.9. The van der Waals surface area contributed by atoms with Gasteiger partial charge in [-0.2, -0.15) is 0 Å². The molecule has 5 fully saturated rings. The normalized spacial score (nSPS) is 26.3. The van der Waals surface area contributed by atoms with Crippen LogP contribution >= 0.6 is 0 Å². The van der Waals surface area contributed by atoms with E-state index in [-0.39, 0.29) is 29.3 Å². The van der Waals surface area contributed by atoms with Crippen LogP contribution in [0.1, 0.15) is 82.7 Å². The molecule has 2 heterocycles. The van der Waals surface area contributed by atoms with Crippen LogP contribution in [0.3, 0.4) is 0 Å². The Morgan fingerprint density at radius 3 is 2.25 bits per heavy atom. The minimum absolute atomic E-state index is 0.00403. The molecule has 3 N–H and O–H groups in total. The van der Waals surface area contributed by atoms with E-state index in [1.54, 1.807) is 0 Å². The lowest BCUT2D eigenvalue weighted by atomic mass is 9.53. The van der Waals surface area contributed by atoms with Crippen molar-refractivity contribution in [3.8, 4) is 12.3 Å². The van der Waals surface area contributed by atoms with Gasteiger partial charge < -0.3 is 34.1 Å². The number of nitrogens with one attached hydrogen (secondary N) is 3. The van der Waals surface area contributed by atoms with E-state index in [9.17, 15) is 15.0 Å². The molecule has 5 unspecified atom stereocenters. The Balaban J connectivity index is 0.880. The van der Waals surface area contributed by atoms with Crippen molar-refractivity contribution in [3.63, 3.8) is 0 Å². The maximum atomic E-state index is 12.9. The molecule has 1 aromatic carbocycles. The first-order valence-electron chi connectivity index (χ1n) is 19.8. The molecule has 5 aliphatic rings. The highest BCUT2D eigenvalue weighted by molar-refractivity contribution is 5.99. The predicted molar refractivity (Wildman–Crippen MR) is 203 cm³/mol. The quantitative estimate of drug-likeness (QED) is 0.0561. The standard InChI is InChI=1S/C41H60N6O6/c1-3-18-50-20-22-52-24-25-53-23-21-51-19-11-38(49)45-16-13-40(14-17-45)27-33(28-40)39(43)47(31(2)42)34-26-37-41(29-34)12-9-36(41)46(37)15-10-35(44-30-48)32-7-5-4-6-8-32/h1,4-8,30,33-37,42-43H,9-29H2,2H3,(H,44,48). The van der Waals surface area contributed by atoms with Crippen molar-refractivity contribution in [2.45, 2.75) is 95.3 Å². The van der Waals surface area contributed by atoms with Crippen LogP contribution < -0.4 is 5.32 Å². The highest BCUT2D eigenvalue weighted by Gasteiger charge is 2.69. The van der Waals surface area contributed by atoms with E-state index in [1.165, 1.54) is 12.8 Å². The van der Waals surface area contributed by atoms with Crippen molar-refractivity contribution in [1.82, 2.24) is 20.0 Å². The van der Waals surface area contributed by atoms with Gasteiger partial charge in [-0.15, -0.1) is 6.42 Å². The molecule has 2 spiro atoms. The molecule has 0 bridgehead atoms. The second-order valence-electron chi connectivity index (χ2n) is 15.8. The van der Waals surface area contributed by atoms with Crippen LogP contribution in [0.5, 0.6) is 0 Å². The summed E-state index contributed by atoms with van der Waals surface area (Å²) >= 11 is 0. The van der Waals surface area contributed by atoms with E-state index in [4.69, 9.17) is 30.8 Å². The van der Waals surface area contributed by atoms with Crippen LogP contribution in [0.25, 0.3) is 0 Å². The van der Waals surface area contributed by atoms with Crippen molar-refractivity contribution < 1.29 is 28.5 Å². The van der Waals surface area contributed by atoms with Crippen LogP contribution in [-0.2, 0) is 28.5 Å². The number of benzene rings is 1. The molecule has 53 heavy (non-hydrogen) atoms. The number of carbonyl (C=O) groups is 2. The van der Waals surface area contributed by atoms with Gasteiger partial charge in [-0.3, -0.25) is 25.3 Å². The number of terminal acetylenes is 1. The molecule has 290 valence electrons. The van der Waals surface area contributed by atoms with E-state index < -0.39 is 0 Å². The van der Waals surface area contributed by atoms with Crippen LogP contribution in [0.2, 0.25) is 0 Å². The van der Waals surface area contributed by atoms with Gasteiger partial charge in [-0.25, -0.2) is 0 Å². The van der Waals surface area contributed by atoms with Crippen molar-refractivity contribution >= 4 is 24.0 Å². The number of piperidine rings is 2. The first-order valence-corrected chi connectivity index (χ1v) is 19.8. The fraction of sp³-hybridized carbons (Fsp3) is 0.707. The molecule has 2 aliphatic heterocycles. The summed E-state index contributed by atoms with van der Waals surface area (Å²) in [7, 11) is 0. The molecule has 5 atom stereocenters. The topological polar surface area (TPSA) is 141 Å². The van der Waals surface area contributed by atoms with E-state index in [0.717, 1.165) is 76.6 Å². The van der Waals surface area contributed by atoms with Crippen molar-refractivity contribution in [1.29, 1.82) is 10.8 Å². The van der Waals surface area contributed by atoms with Crippen LogP contribution in [-0.4, -0.2) is 129 Å². The van der Waals surface area contributed by atoms with Gasteiger partial charge >= 0.3 is 0 Å². The third kappa shape index (κ3) is 8.97. The van der Waals surface area contributed by atoms with E-state index in [0.29, 0.717) is 88.4 Å². The lowest BCUT2D eigenvalue weighted by Crippen LogP contribution is -2.74. The summed E-state index contributed by atoms with van der Waals surface area (Å²) in [6, 6.07) is 11.5. The Labute approximate surface area is 315 Å². The molecule has 0 aromatic heterocycles. The van der Waals surface area contributed by atoms with Crippen LogP contribution in [0, 0.1) is 39.9 Å². The van der Waals surface area contributed by atoms with Gasteiger partial charge in [0.2, 0.25) is 12.3 Å². The molecular weight excluding hydrogens is 672 g/mol. The first-order chi connectivity index (χ1) is 25.8. The summed E-state index contributed by atoms with van der Waals surface area (Å²) in [5, 5.41) is 21.1. The zero-order valence-corrected chi connectivity index (χ0v) is 31.6. The molecule has 3 aliphatic carbocycles. The fourth-order valence-corrected chi connectivity index (χ4v) is 10.2. The van der Waals surface area contributed by atoms with Gasteiger partial charge in [0.15, 0.2) is 0 Å². The Hall–Kier alpha value is -3.34. The second-order valence-corrected chi connectivity index (χ2v) is 15.8. The lowest BCUT2D eigenvalue weighted by molar-refractivity contribution is -0.188. The highest BCUT2D eigenvalue weighted by atomic mass is 16.6. The largest absolute Gasteiger partial charge is 0.379 e. The van der Waals surface area contributed by atoms with Gasteiger partial charge in [-0.1, -0.05) is 36.3 Å². The number of ether oxygens (including phenoxy) is 4. The van der Waals surface area contributed by atoms with Gasteiger partial charge in [0.25, 0.3) is 0 Å². The Kier molecular flexibility index (Phi) is 13.6. The van der Waals surface area contributed by atoms with Gasteiger partial charge in [0.05, 0.1) is 64.5 Å². The maximum absolute atomic E-state index is 12.9. The second kappa shape index (κ2) is 18.3. The summed E-state index contributed by atoms with van der Waals surface area (Å²) in [5.41, 5.74) is 1.67. The monoisotopic (exact) mass is 732 g/mol. The molecule has 2 saturated heterocycles. The fourth-order valence-electron chi connectivity index (χ4n) is 10.2. The molecule has 2 amide bonds. The summed E-state index contributed by atoms with van der Waals surface area (Å²) in [4.78, 5) is 31.0. The highest BCUT2D eigenvalue weighted by Crippen LogP contribution is 2.66. The van der Waals surface area contributed by atoms with E-state index in [2.05, 4.69) is 33.2 Å². The number of amides is 2. The summed E-state index contributed by atoms with van der Waals surface area (Å²) in [6.07, 6.45) is 15.6.